The number of pyridine rings is 1. The molecular formula is C21H17F3N4O. The Bertz CT molecular complexity index is 1210. The number of nitrogens with zero attached hydrogens (tertiary/aromatic N) is 3. The first-order chi connectivity index (χ1) is 13.7. The molecule has 2 aromatic heterocycles. The first kappa shape index (κ1) is 18.9. The van der Waals surface area contributed by atoms with E-state index in [1.165, 1.54) is 12.1 Å². The van der Waals surface area contributed by atoms with E-state index in [9.17, 15) is 18.0 Å². The Morgan fingerprint density at radius 3 is 2.45 bits per heavy atom. The number of hydrogen-bond donors (Lipinski definition) is 1. The number of halogens is 3. The molecule has 8 heteroatoms. The number of carbonyl (C=O) groups excluding carboxylic acids is 1. The number of benzene rings is 2. The summed E-state index contributed by atoms with van der Waals surface area (Å²) in [6.45, 7) is 3.75. The summed E-state index contributed by atoms with van der Waals surface area (Å²) in [7, 11) is 0. The topological polar surface area (TPSA) is 59.3 Å². The van der Waals surface area contributed by atoms with Gasteiger partial charge < -0.3 is 5.32 Å². The van der Waals surface area contributed by atoms with Crippen molar-refractivity contribution in [1.29, 1.82) is 0 Å². The van der Waals surface area contributed by atoms with Crippen molar-refractivity contribution in [2.75, 3.05) is 0 Å². The maximum atomic E-state index is 12.9. The van der Waals surface area contributed by atoms with Crippen LogP contribution >= 0.6 is 0 Å². The lowest BCUT2D eigenvalue weighted by atomic mass is 9.98. The summed E-state index contributed by atoms with van der Waals surface area (Å²) in [4.78, 5) is 12.4. The largest absolute Gasteiger partial charge is 0.416 e. The van der Waals surface area contributed by atoms with E-state index in [4.69, 9.17) is 0 Å². The number of rotatable bonds is 3. The Balaban J connectivity index is 1.89. The molecule has 0 fully saturated rings. The molecule has 0 aliphatic rings. The van der Waals surface area contributed by atoms with Crippen molar-refractivity contribution < 1.29 is 18.0 Å². The predicted molar refractivity (Wildman–Crippen MR) is 104 cm³/mol. The third-order valence-electron chi connectivity index (χ3n) is 4.60. The second-order valence-electron chi connectivity index (χ2n) is 7.05. The summed E-state index contributed by atoms with van der Waals surface area (Å²) in [5.74, 6) is -0.206. The minimum Gasteiger partial charge on any atom is -0.350 e. The lowest BCUT2D eigenvalue weighted by Gasteiger charge is -2.13. The Morgan fingerprint density at radius 2 is 1.79 bits per heavy atom. The van der Waals surface area contributed by atoms with Crippen molar-refractivity contribution in [3.8, 4) is 11.1 Å². The Labute approximate surface area is 164 Å². The molecular weight excluding hydrogens is 381 g/mol. The average Bonchev–Trinajstić information content (AvgIpc) is 3.14. The van der Waals surface area contributed by atoms with Gasteiger partial charge in [0.05, 0.1) is 11.1 Å². The first-order valence-corrected chi connectivity index (χ1v) is 8.99. The summed E-state index contributed by atoms with van der Waals surface area (Å²) >= 11 is 0. The lowest BCUT2D eigenvalue weighted by Crippen LogP contribution is -2.30. The molecule has 148 valence electrons. The minimum atomic E-state index is -4.39. The highest BCUT2D eigenvalue weighted by Crippen LogP contribution is 2.34. The lowest BCUT2D eigenvalue weighted by molar-refractivity contribution is -0.137. The average molecular weight is 398 g/mol. The molecule has 1 N–H and O–H groups in total. The summed E-state index contributed by atoms with van der Waals surface area (Å²) in [5, 5.41) is 11.6. The zero-order valence-electron chi connectivity index (χ0n) is 15.7. The van der Waals surface area contributed by atoms with Crippen molar-refractivity contribution in [2.45, 2.75) is 26.1 Å². The number of alkyl halides is 3. The van der Waals surface area contributed by atoms with Crippen molar-refractivity contribution in [3.63, 3.8) is 0 Å². The fraction of sp³-hybridized carbons (Fsp3) is 0.190. The SMILES string of the molecule is CC(C)NC(=O)c1ccc2c(-c3ccc(C(F)(F)F)cc3)cc3nncn3c2c1. The third kappa shape index (κ3) is 3.53. The maximum absolute atomic E-state index is 12.9. The normalized spacial score (nSPS) is 12.1. The molecule has 0 aliphatic carbocycles. The van der Waals surface area contributed by atoms with Crippen molar-refractivity contribution >= 4 is 22.5 Å². The smallest absolute Gasteiger partial charge is 0.350 e. The molecule has 0 spiro atoms. The summed E-state index contributed by atoms with van der Waals surface area (Å²) in [6.07, 6.45) is -2.85. The molecule has 0 aliphatic heterocycles. The minimum absolute atomic E-state index is 0.00777. The van der Waals surface area contributed by atoms with Crippen LogP contribution in [-0.4, -0.2) is 26.5 Å². The molecule has 4 aromatic rings. The number of aromatic nitrogens is 3. The second-order valence-corrected chi connectivity index (χ2v) is 7.05. The highest BCUT2D eigenvalue weighted by atomic mass is 19.4. The van der Waals surface area contributed by atoms with Crippen LogP contribution in [0.3, 0.4) is 0 Å². The Kier molecular flexibility index (Phi) is 4.49. The molecule has 5 nitrogen and oxygen atoms in total. The number of amides is 1. The quantitative estimate of drug-likeness (QED) is 0.544. The molecule has 0 radical (unpaired) electrons. The zero-order chi connectivity index (χ0) is 20.8. The van der Waals surface area contributed by atoms with Crippen molar-refractivity contribution in [2.24, 2.45) is 0 Å². The van der Waals surface area contributed by atoms with E-state index in [2.05, 4.69) is 15.5 Å². The molecule has 0 saturated heterocycles. The van der Waals surface area contributed by atoms with E-state index in [0.29, 0.717) is 27.9 Å². The molecule has 2 heterocycles. The molecule has 1 amide bonds. The van der Waals surface area contributed by atoms with Gasteiger partial charge in [0.2, 0.25) is 0 Å². The van der Waals surface area contributed by atoms with Gasteiger partial charge in [-0.1, -0.05) is 18.2 Å². The summed E-state index contributed by atoms with van der Waals surface area (Å²) in [6, 6.07) is 12.0. The van der Waals surface area contributed by atoms with Gasteiger partial charge in [0, 0.05) is 17.0 Å². The van der Waals surface area contributed by atoms with Crippen LogP contribution in [0, 0.1) is 0 Å². The van der Waals surface area contributed by atoms with Crippen LogP contribution in [0.4, 0.5) is 13.2 Å². The van der Waals surface area contributed by atoms with Crippen LogP contribution in [-0.2, 0) is 6.18 Å². The molecule has 0 bridgehead atoms. The Morgan fingerprint density at radius 1 is 1.07 bits per heavy atom. The molecule has 29 heavy (non-hydrogen) atoms. The number of fused-ring (bicyclic) bond motifs is 3. The summed E-state index contributed by atoms with van der Waals surface area (Å²) in [5.41, 5.74) is 2.33. The van der Waals surface area contributed by atoms with Crippen molar-refractivity contribution in [1.82, 2.24) is 19.9 Å². The molecule has 0 unspecified atom stereocenters. The van der Waals surface area contributed by atoms with Gasteiger partial charge in [-0.3, -0.25) is 9.20 Å². The van der Waals surface area contributed by atoms with E-state index in [1.807, 2.05) is 13.8 Å². The first-order valence-electron chi connectivity index (χ1n) is 8.99. The van der Waals surface area contributed by atoms with Crippen LogP contribution in [0.2, 0.25) is 0 Å². The van der Waals surface area contributed by atoms with E-state index in [0.717, 1.165) is 17.5 Å². The molecule has 4 rings (SSSR count). The van der Waals surface area contributed by atoms with E-state index >= 15 is 0 Å². The van der Waals surface area contributed by atoms with Gasteiger partial charge in [-0.25, -0.2) is 0 Å². The molecule has 0 atom stereocenters. The predicted octanol–water partition coefficient (Wildman–Crippen LogP) is 4.71. The van der Waals surface area contributed by atoms with Gasteiger partial charge in [-0.15, -0.1) is 10.2 Å². The van der Waals surface area contributed by atoms with Crippen LogP contribution < -0.4 is 5.32 Å². The fourth-order valence-electron chi connectivity index (χ4n) is 3.26. The second kappa shape index (κ2) is 6.88. The van der Waals surface area contributed by atoms with E-state index in [1.54, 1.807) is 35.0 Å². The highest BCUT2D eigenvalue weighted by Gasteiger charge is 2.30. The van der Waals surface area contributed by atoms with Crippen LogP contribution in [0.1, 0.15) is 29.8 Å². The monoisotopic (exact) mass is 398 g/mol. The number of carbonyl (C=O) groups is 1. The van der Waals surface area contributed by atoms with E-state index in [-0.39, 0.29) is 11.9 Å². The van der Waals surface area contributed by atoms with Gasteiger partial charge in [0.25, 0.3) is 5.91 Å². The number of nitrogens with one attached hydrogen (secondary N) is 1. The van der Waals surface area contributed by atoms with Crippen LogP contribution in [0.15, 0.2) is 54.9 Å². The fourth-order valence-corrected chi connectivity index (χ4v) is 3.26. The standard InChI is InChI=1S/C21H17F3N4O/c1-12(2)26-20(29)14-5-8-16-17(10-19-27-25-11-28(19)18(16)9-14)13-3-6-15(7-4-13)21(22,23)24/h3-12H,1-2H3,(H,26,29). The van der Waals surface area contributed by atoms with Gasteiger partial charge >= 0.3 is 6.18 Å². The Hall–Kier alpha value is -3.42. The number of hydrogen-bond acceptors (Lipinski definition) is 3. The molecule has 2 aromatic carbocycles. The van der Waals surface area contributed by atoms with Crippen LogP contribution in [0.25, 0.3) is 27.7 Å². The van der Waals surface area contributed by atoms with Crippen molar-refractivity contribution in [3.05, 3.63) is 66.0 Å². The highest BCUT2D eigenvalue weighted by molar-refractivity contribution is 6.02. The zero-order valence-corrected chi connectivity index (χ0v) is 15.7. The van der Waals surface area contributed by atoms with Gasteiger partial charge in [0.15, 0.2) is 5.65 Å². The van der Waals surface area contributed by atoms with Gasteiger partial charge in [0.1, 0.15) is 6.33 Å². The maximum Gasteiger partial charge on any atom is 0.416 e. The van der Waals surface area contributed by atoms with Gasteiger partial charge in [-0.2, -0.15) is 13.2 Å². The summed E-state index contributed by atoms with van der Waals surface area (Å²) < 4.78 is 40.4. The van der Waals surface area contributed by atoms with Gasteiger partial charge in [-0.05, 0) is 55.3 Å². The van der Waals surface area contributed by atoms with E-state index < -0.39 is 11.7 Å². The van der Waals surface area contributed by atoms with Crippen LogP contribution in [0.5, 0.6) is 0 Å². The third-order valence-corrected chi connectivity index (χ3v) is 4.60. The molecule has 0 saturated carbocycles.